The molecule has 0 spiro atoms. The maximum Gasteiger partial charge on any atom is 0.329 e. The van der Waals surface area contributed by atoms with E-state index in [1.54, 1.807) is 4.90 Å². The molecule has 2 amide bonds. The van der Waals surface area contributed by atoms with Crippen molar-refractivity contribution in [3.8, 4) is 0 Å². The summed E-state index contributed by atoms with van der Waals surface area (Å²) in [6.07, 6.45) is 0. The third-order valence-electron chi connectivity index (χ3n) is 6.12. The van der Waals surface area contributed by atoms with Crippen molar-refractivity contribution in [1.82, 2.24) is 9.80 Å². The number of amides is 2. The van der Waals surface area contributed by atoms with Crippen molar-refractivity contribution >= 4 is 28.8 Å². The van der Waals surface area contributed by atoms with Crippen LogP contribution >= 0.6 is 0 Å². The molecule has 6 heteroatoms. The Kier molecular flexibility index (Phi) is 8.64. The minimum atomic E-state index is -0.119. The molecule has 0 aliphatic heterocycles. The Morgan fingerprint density at radius 2 is 1.39 bits per heavy atom. The lowest BCUT2D eigenvalue weighted by atomic mass is 9.92. The van der Waals surface area contributed by atoms with E-state index in [-0.39, 0.29) is 11.4 Å². The SMILES string of the molecule is Cc1ccc(CN(CC(C)(C)CN(C)C)C(=O)N(c2ccc(N(C)C)cc2)c2ccccc2N)cc1. The van der Waals surface area contributed by atoms with Crippen molar-refractivity contribution < 1.29 is 4.79 Å². The average molecular weight is 488 g/mol. The third kappa shape index (κ3) is 7.01. The predicted octanol–water partition coefficient (Wildman–Crippen LogP) is 5.99. The van der Waals surface area contributed by atoms with Gasteiger partial charge in [-0.25, -0.2) is 4.79 Å². The van der Waals surface area contributed by atoms with Crippen molar-refractivity contribution in [3.05, 3.63) is 83.9 Å². The van der Waals surface area contributed by atoms with Crippen LogP contribution in [-0.4, -0.2) is 57.1 Å². The van der Waals surface area contributed by atoms with Crippen LogP contribution in [0.3, 0.4) is 0 Å². The maximum atomic E-state index is 14.4. The number of nitrogen functional groups attached to an aromatic ring is 1. The standard InChI is InChI=1S/C30H41N5O/c1-23-12-14-24(15-13-23)20-34(22-30(2,3)21-32(4)5)29(36)35(28-11-9-8-10-27(28)31)26-18-16-25(17-19-26)33(6)7/h8-19H,20-22,31H2,1-7H3. The summed E-state index contributed by atoms with van der Waals surface area (Å²) >= 11 is 0. The molecule has 36 heavy (non-hydrogen) atoms. The topological polar surface area (TPSA) is 56.0 Å². The van der Waals surface area contributed by atoms with Crippen LogP contribution in [-0.2, 0) is 6.54 Å². The number of carbonyl (C=O) groups is 1. The second kappa shape index (κ2) is 11.5. The Labute approximate surface area is 216 Å². The molecular formula is C30H41N5O. The number of carbonyl (C=O) groups excluding carboxylic acids is 1. The van der Waals surface area contributed by atoms with Gasteiger partial charge in [-0.2, -0.15) is 0 Å². The Morgan fingerprint density at radius 1 is 0.806 bits per heavy atom. The number of nitrogens with two attached hydrogens (primary N) is 1. The molecular weight excluding hydrogens is 446 g/mol. The largest absolute Gasteiger partial charge is 0.397 e. The van der Waals surface area contributed by atoms with Gasteiger partial charge in [-0.3, -0.25) is 4.90 Å². The van der Waals surface area contributed by atoms with Gasteiger partial charge >= 0.3 is 6.03 Å². The molecule has 0 aliphatic carbocycles. The van der Waals surface area contributed by atoms with Crippen LogP contribution in [0.2, 0.25) is 0 Å². The van der Waals surface area contributed by atoms with Gasteiger partial charge in [-0.1, -0.05) is 55.8 Å². The van der Waals surface area contributed by atoms with E-state index in [0.717, 1.165) is 23.5 Å². The highest BCUT2D eigenvalue weighted by Crippen LogP contribution is 2.34. The fourth-order valence-electron chi connectivity index (χ4n) is 4.61. The van der Waals surface area contributed by atoms with E-state index in [9.17, 15) is 4.79 Å². The number of anilines is 4. The van der Waals surface area contributed by atoms with E-state index < -0.39 is 0 Å². The van der Waals surface area contributed by atoms with E-state index >= 15 is 0 Å². The molecule has 3 aromatic carbocycles. The molecule has 0 aliphatic rings. The van der Waals surface area contributed by atoms with Crippen LogP contribution in [0.4, 0.5) is 27.5 Å². The van der Waals surface area contributed by atoms with Gasteiger partial charge in [0, 0.05) is 39.4 Å². The van der Waals surface area contributed by atoms with Crippen molar-refractivity contribution in [2.24, 2.45) is 5.41 Å². The lowest BCUT2D eigenvalue weighted by Crippen LogP contribution is -2.47. The summed E-state index contributed by atoms with van der Waals surface area (Å²) in [5.41, 5.74) is 11.7. The Morgan fingerprint density at radius 3 is 1.94 bits per heavy atom. The van der Waals surface area contributed by atoms with Crippen LogP contribution in [0.25, 0.3) is 0 Å². The van der Waals surface area contributed by atoms with Crippen LogP contribution in [0.1, 0.15) is 25.0 Å². The minimum Gasteiger partial charge on any atom is -0.397 e. The number of rotatable bonds is 9. The monoisotopic (exact) mass is 487 g/mol. The number of aryl methyl sites for hydroxylation is 1. The van der Waals surface area contributed by atoms with E-state index in [0.29, 0.717) is 24.5 Å². The Balaban J connectivity index is 2.07. The molecule has 0 bridgehead atoms. The summed E-state index contributed by atoms with van der Waals surface area (Å²) in [4.78, 5) is 22.3. The van der Waals surface area contributed by atoms with Crippen molar-refractivity contribution in [1.29, 1.82) is 0 Å². The highest BCUT2D eigenvalue weighted by Gasteiger charge is 2.31. The number of benzene rings is 3. The second-order valence-corrected chi connectivity index (χ2v) is 10.8. The van der Waals surface area contributed by atoms with Gasteiger partial charge in [0.05, 0.1) is 17.1 Å². The highest BCUT2D eigenvalue weighted by atomic mass is 16.2. The number of hydrogen-bond acceptors (Lipinski definition) is 4. The molecule has 3 rings (SSSR count). The molecule has 192 valence electrons. The van der Waals surface area contributed by atoms with Crippen molar-refractivity contribution in [2.75, 3.05) is 56.8 Å². The van der Waals surface area contributed by atoms with Gasteiger partial charge in [-0.15, -0.1) is 0 Å². The molecule has 0 radical (unpaired) electrons. The quantitative estimate of drug-likeness (QED) is 0.377. The summed E-state index contributed by atoms with van der Waals surface area (Å²) in [6.45, 7) is 8.44. The second-order valence-electron chi connectivity index (χ2n) is 10.8. The first-order chi connectivity index (χ1) is 17.0. The number of nitrogens with zero attached hydrogens (tertiary/aromatic N) is 4. The molecule has 0 saturated heterocycles. The molecule has 2 N–H and O–H groups in total. The predicted molar refractivity (Wildman–Crippen MR) is 153 cm³/mol. The van der Waals surface area contributed by atoms with Gasteiger partial charge in [-0.05, 0) is 68.4 Å². The lowest BCUT2D eigenvalue weighted by Gasteiger charge is -2.38. The number of urea groups is 1. The normalized spacial score (nSPS) is 11.4. The zero-order valence-corrected chi connectivity index (χ0v) is 22.8. The number of hydrogen-bond donors (Lipinski definition) is 1. The van der Waals surface area contributed by atoms with Crippen LogP contribution in [0, 0.1) is 12.3 Å². The van der Waals surface area contributed by atoms with E-state index in [1.165, 1.54) is 5.56 Å². The van der Waals surface area contributed by atoms with Gasteiger partial charge in [0.15, 0.2) is 0 Å². The first-order valence-corrected chi connectivity index (χ1v) is 12.4. The number of para-hydroxylation sites is 2. The molecule has 0 unspecified atom stereocenters. The summed E-state index contributed by atoms with van der Waals surface area (Å²) in [7, 11) is 8.14. The molecule has 0 saturated carbocycles. The molecule has 0 fully saturated rings. The summed E-state index contributed by atoms with van der Waals surface area (Å²) in [6, 6.07) is 23.8. The zero-order valence-electron chi connectivity index (χ0n) is 22.8. The van der Waals surface area contributed by atoms with E-state index in [4.69, 9.17) is 5.73 Å². The van der Waals surface area contributed by atoms with Crippen molar-refractivity contribution in [3.63, 3.8) is 0 Å². The zero-order chi connectivity index (χ0) is 26.5. The molecule has 3 aromatic rings. The lowest BCUT2D eigenvalue weighted by molar-refractivity contribution is 0.149. The average Bonchev–Trinajstić information content (AvgIpc) is 2.80. The fourth-order valence-corrected chi connectivity index (χ4v) is 4.61. The summed E-state index contributed by atoms with van der Waals surface area (Å²) in [5.74, 6) is 0. The fraction of sp³-hybridized carbons (Fsp3) is 0.367. The van der Waals surface area contributed by atoms with Gasteiger partial charge in [0.1, 0.15) is 0 Å². The Bertz CT molecular complexity index is 1140. The first-order valence-electron chi connectivity index (χ1n) is 12.4. The molecule has 6 nitrogen and oxygen atoms in total. The highest BCUT2D eigenvalue weighted by molar-refractivity contribution is 6.02. The molecule has 0 heterocycles. The molecule has 0 aromatic heterocycles. The minimum absolute atomic E-state index is 0.0992. The van der Waals surface area contributed by atoms with Crippen molar-refractivity contribution in [2.45, 2.75) is 27.3 Å². The molecule has 0 atom stereocenters. The van der Waals surface area contributed by atoms with Crippen LogP contribution in [0.15, 0.2) is 72.8 Å². The summed E-state index contributed by atoms with van der Waals surface area (Å²) < 4.78 is 0. The smallest absolute Gasteiger partial charge is 0.329 e. The van der Waals surface area contributed by atoms with Crippen LogP contribution < -0.4 is 15.5 Å². The first kappa shape index (κ1) is 27.1. The van der Waals surface area contributed by atoms with Gasteiger partial charge in [0.2, 0.25) is 0 Å². The third-order valence-corrected chi connectivity index (χ3v) is 6.12. The maximum absolute atomic E-state index is 14.4. The van der Waals surface area contributed by atoms with Gasteiger partial charge in [0.25, 0.3) is 0 Å². The van der Waals surface area contributed by atoms with E-state index in [1.807, 2.05) is 72.4 Å². The van der Waals surface area contributed by atoms with E-state index in [2.05, 4.69) is 64.0 Å². The van der Waals surface area contributed by atoms with Gasteiger partial charge < -0.3 is 20.4 Å². The summed E-state index contributed by atoms with van der Waals surface area (Å²) in [5, 5.41) is 0. The Hall–Kier alpha value is -3.51. The van der Waals surface area contributed by atoms with Crippen LogP contribution in [0.5, 0.6) is 0 Å².